The van der Waals surface area contributed by atoms with Crippen molar-refractivity contribution in [2.24, 2.45) is 0 Å². The summed E-state index contributed by atoms with van der Waals surface area (Å²) in [6.07, 6.45) is 1.20. The van der Waals surface area contributed by atoms with Gasteiger partial charge in [0.15, 0.2) is 0 Å². The molecule has 0 spiro atoms. The minimum atomic E-state index is -0.550. The summed E-state index contributed by atoms with van der Waals surface area (Å²) in [5.74, 6) is -1.54. The quantitative estimate of drug-likeness (QED) is 0.776. The van der Waals surface area contributed by atoms with E-state index >= 15 is 0 Å². The molecular formula is C13H14FN3O3. The lowest BCUT2D eigenvalue weighted by Crippen LogP contribution is -2.46. The van der Waals surface area contributed by atoms with Crippen molar-refractivity contribution in [1.82, 2.24) is 15.8 Å². The number of nitrogens with zero attached hydrogens (tertiary/aromatic N) is 1. The molecule has 0 aliphatic carbocycles. The molecule has 1 aromatic carbocycles. The first kappa shape index (κ1) is 14.0. The summed E-state index contributed by atoms with van der Waals surface area (Å²) in [5, 5.41) is 0. The molecule has 20 heavy (non-hydrogen) atoms. The molecule has 2 N–H and O–H groups in total. The fourth-order valence-electron chi connectivity index (χ4n) is 1.88. The Kier molecular flexibility index (Phi) is 4.29. The lowest BCUT2D eigenvalue weighted by atomic mass is 10.2. The molecule has 1 aliphatic rings. The van der Waals surface area contributed by atoms with Crippen molar-refractivity contribution in [2.75, 3.05) is 13.1 Å². The molecule has 0 saturated carbocycles. The molecule has 1 fully saturated rings. The van der Waals surface area contributed by atoms with Gasteiger partial charge in [0.2, 0.25) is 5.91 Å². The van der Waals surface area contributed by atoms with Crippen LogP contribution in [0.4, 0.5) is 4.39 Å². The van der Waals surface area contributed by atoms with E-state index in [2.05, 4.69) is 10.9 Å². The van der Waals surface area contributed by atoms with Gasteiger partial charge in [0, 0.05) is 18.5 Å². The second-order valence-electron chi connectivity index (χ2n) is 4.43. The summed E-state index contributed by atoms with van der Waals surface area (Å²) in [6, 6.07) is 4.92. The highest BCUT2D eigenvalue weighted by Crippen LogP contribution is 2.08. The van der Waals surface area contributed by atoms with Gasteiger partial charge in [-0.05, 0) is 30.7 Å². The molecule has 3 amide bonds. The molecule has 1 heterocycles. The van der Waals surface area contributed by atoms with Crippen LogP contribution in [0.5, 0.6) is 0 Å². The predicted octanol–water partition coefficient (Wildman–Crippen LogP) is 0.209. The van der Waals surface area contributed by atoms with Gasteiger partial charge in [-0.1, -0.05) is 0 Å². The number of hydrazine groups is 1. The highest BCUT2D eigenvalue weighted by Gasteiger charge is 2.22. The van der Waals surface area contributed by atoms with Gasteiger partial charge in [-0.15, -0.1) is 0 Å². The average molecular weight is 279 g/mol. The van der Waals surface area contributed by atoms with Crippen LogP contribution in [0.15, 0.2) is 24.3 Å². The van der Waals surface area contributed by atoms with Crippen LogP contribution in [0.3, 0.4) is 0 Å². The lowest BCUT2D eigenvalue weighted by Gasteiger charge is -2.15. The highest BCUT2D eigenvalue weighted by atomic mass is 19.1. The second kappa shape index (κ2) is 6.14. The molecule has 1 aliphatic heterocycles. The molecule has 0 atom stereocenters. The molecule has 2 rings (SSSR count). The zero-order valence-electron chi connectivity index (χ0n) is 10.7. The fraction of sp³-hybridized carbons (Fsp3) is 0.308. The molecular weight excluding hydrogens is 265 g/mol. The summed E-state index contributed by atoms with van der Waals surface area (Å²) in [6.45, 7) is 0.473. The maximum Gasteiger partial charge on any atom is 0.269 e. The van der Waals surface area contributed by atoms with E-state index in [-0.39, 0.29) is 18.0 Å². The smallest absolute Gasteiger partial charge is 0.269 e. The van der Waals surface area contributed by atoms with E-state index in [0.717, 1.165) is 18.6 Å². The first-order valence-corrected chi connectivity index (χ1v) is 6.19. The number of benzene rings is 1. The molecule has 6 nitrogen and oxygen atoms in total. The number of likely N-dealkylation sites (tertiary alicyclic amines) is 1. The third kappa shape index (κ3) is 3.53. The zero-order chi connectivity index (χ0) is 14.5. The van der Waals surface area contributed by atoms with Crippen molar-refractivity contribution >= 4 is 17.7 Å². The van der Waals surface area contributed by atoms with Crippen molar-refractivity contribution in [3.05, 3.63) is 35.6 Å². The van der Waals surface area contributed by atoms with E-state index in [4.69, 9.17) is 0 Å². The highest BCUT2D eigenvalue weighted by molar-refractivity contribution is 5.95. The van der Waals surface area contributed by atoms with Crippen LogP contribution in [0, 0.1) is 5.82 Å². The number of rotatable bonds is 3. The summed E-state index contributed by atoms with van der Waals surface area (Å²) in [4.78, 5) is 35.9. The van der Waals surface area contributed by atoms with E-state index in [0.29, 0.717) is 13.0 Å². The van der Waals surface area contributed by atoms with E-state index in [1.54, 1.807) is 0 Å². The average Bonchev–Trinajstić information content (AvgIpc) is 2.82. The maximum absolute atomic E-state index is 12.7. The van der Waals surface area contributed by atoms with Crippen LogP contribution in [0.25, 0.3) is 0 Å². The normalized spacial score (nSPS) is 14.2. The molecule has 0 bridgehead atoms. The largest absolute Gasteiger partial charge is 0.333 e. The SMILES string of the molecule is O=C(CN1CCCC1=O)NNC(=O)c1ccc(F)cc1. The van der Waals surface area contributed by atoms with Gasteiger partial charge in [-0.25, -0.2) is 4.39 Å². The summed E-state index contributed by atoms with van der Waals surface area (Å²) in [5.41, 5.74) is 4.65. The van der Waals surface area contributed by atoms with Crippen molar-refractivity contribution in [3.8, 4) is 0 Å². The van der Waals surface area contributed by atoms with Crippen LogP contribution < -0.4 is 10.9 Å². The Hall–Kier alpha value is -2.44. The van der Waals surface area contributed by atoms with Crippen molar-refractivity contribution in [1.29, 1.82) is 0 Å². The molecule has 7 heteroatoms. The Labute approximate surface area is 114 Å². The monoisotopic (exact) mass is 279 g/mol. The number of amides is 3. The van der Waals surface area contributed by atoms with Crippen LogP contribution in [0.1, 0.15) is 23.2 Å². The Bertz CT molecular complexity index is 530. The van der Waals surface area contributed by atoms with Gasteiger partial charge in [-0.2, -0.15) is 0 Å². The van der Waals surface area contributed by atoms with Gasteiger partial charge >= 0.3 is 0 Å². The second-order valence-corrected chi connectivity index (χ2v) is 4.43. The summed E-state index contributed by atoms with van der Waals surface area (Å²) < 4.78 is 12.7. The molecule has 0 unspecified atom stereocenters. The summed E-state index contributed by atoms with van der Waals surface area (Å²) in [7, 11) is 0. The van der Waals surface area contributed by atoms with E-state index in [1.165, 1.54) is 17.0 Å². The van der Waals surface area contributed by atoms with Gasteiger partial charge in [-0.3, -0.25) is 25.2 Å². The van der Waals surface area contributed by atoms with Crippen LogP contribution in [0.2, 0.25) is 0 Å². The third-order valence-electron chi connectivity index (χ3n) is 2.93. The lowest BCUT2D eigenvalue weighted by molar-refractivity contribution is -0.133. The standard InChI is InChI=1S/C13H14FN3O3/c14-10-5-3-9(4-6-10)13(20)16-15-11(18)8-17-7-1-2-12(17)19/h3-6H,1-2,7-8H2,(H,15,18)(H,16,20). The fourth-order valence-corrected chi connectivity index (χ4v) is 1.88. The van der Waals surface area contributed by atoms with Crippen LogP contribution >= 0.6 is 0 Å². The maximum atomic E-state index is 12.7. The number of carbonyl (C=O) groups excluding carboxylic acids is 3. The molecule has 1 aromatic rings. The van der Waals surface area contributed by atoms with E-state index in [9.17, 15) is 18.8 Å². The number of carbonyl (C=O) groups is 3. The van der Waals surface area contributed by atoms with Crippen molar-refractivity contribution in [3.63, 3.8) is 0 Å². The Balaban J connectivity index is 1.79. The number of hydrogen-bond acceptors (Lipinski definition) is 3. The number of hydrogen-bond donors (Lipinski definition) is 2. The third-order valence-corrected chi connectivity index (χ3v) is 2.93. The van der Waals surface area contributed by atoms with E-state index < -0.39 is 17.6 Å². The topological polar surface area (TPSA) is 78.5 Å². The minimum Gasteiger partial charge on any atom is -0.333 e. The van der Waals surface area contributed by atoms with Gasteiger partial charge in [0.05, 0.1) is 0 Å². The summed E-state index contributed by atoms with van der Waals surface area (Å²) >= 11 is 0. The van der Waals surface area contributed by atoms with E-state index in [1.807, 2.05) is 0 Å². The first-order valence-electron chi connectivity index (χ1n) is 6.19. The van der Waals surface area contributed by atoms with Gasteiger partial charge in [0.25, 0.3) is 11.8 Å². The van der Waals surface area contributed by atoms with Crippen LogP contribution in [-0.2, 0) is 9.59 Å². The van der Waals surface area contributed by atoms with Crippen LogP contribution in [-0.4, -0.2) is 35.7 Å². The van der Waals surface area contributed by atoms with Crippen molar-refractivity contribution in [2.45, 2.75) is 12.8 Å². The minimum absolute atomic E-state index is 0.0648. The molecule has 0 radical (unpaired) electrons. The molecule has 1 saturated heterocycles. The molecule has 106 valence electrons. The Morgan fingerprint density at radius 1 is 1.20 bits per heavy atom. The van der Waals surface area contributed by atoms with Crippen molar-refractivity contribution < 1.29 is 18.8 Å². The van der Waals surface area contributed by atoms with Gasteiger partial charge in [0.1, 0.15) is 12.4 Å². The number of nitrogens with one attached hydrogen (secondary N) is 2. The Morgan fingerprint density at radius 2 is 1.90 bits per heavy atom. The first-order chi connectivity index (χ1) is 9.56. The number of halogens is 1. The zero-order valence-corrected chi connectivity index (χ0v) is 10.7. The Morgan fingerprint density at radius 3 is 2.50 bits per heavy atom. The predicted molar refractivity (Wildman–Crippen MR) is 67.8 cm³/mol. The van der Waals surface area contributed by atoms with Gasteiger partial charge < -0.3 is 4.90 Å². The molecule has 0 aromatic heterocycles.